The molecular formula is C29H46N5O3+. The molecule has 8 nitrogen and oxygen atoms in total. The first kappa shape index (κ1) is 29.9. The van der Waals surface area contributed by atoms with Crippen molar-refractivity contribution >= 4 is 23.9 Å². The first-order chi connectivity index (χ1) is 17.4. The first-order valence-corrected chi connectivity index (χ1v) is 12.9. The summed E-state index contributed by atoms with van der Waals surface area (Å²) in [5.41, 5.74) is 1.71. The van der Waals surface area contributed by atoms with E-state index in [4.69, 9.17) is 14.5 Å². The Kier molecular flexibility index (Phi) is 11.2. The van der Waals surface area contributed by atoms with Crippen molar-refractivity contribution in [3.05, 3.63) is 48.2 Å². The predicted molar refractivity (Wildman–Crippen MR) is 151 cm³/mol. The molecule has 0 aliphatic rings. The van der Waals surface area contributed by atoms with Gasteiger partial charge < -0.3 is 24.2 Å². The third kappa shape index (κ3) is 10.3. The van der Waals surface area contributed by atoms with Gasteiger partial charge in [-0.05, 0) is 67.9 Å². The van der Waals surface area contributed by atoms with E-state index in [1.165, 1.54) is 5.56 Å². The number of carbonyl (C=O) groups is 1. The van der Waals surface area contributed by atoms with Crippen LogP contribution in [0.25, 0.3) is 0 Å². The molecule has 2 aromatic rings. The molecule has 0 atom stereocenters. The van der Waals surface area contributed by atoms with E-state index in [9.17, 15) is 4.79 Å². The number of nitrogens with zero attached hydrogens (tertiary/aromatic N) is 5. The highest BCUT2D eigenvalue weighted by atomic mass is 16.6. The number of anilines is 1. The van der Waals surface area contributed by atoms with Crippen LogP contribution in [0, 0.1) is 5.92 Å². The number of carbonyl (C=O) groups excluding carboxylic acids is 1. The fourth-order valence-electron chi connectivity index (χ4n) is 3.79. The van der Waals surface area contributed by atoms with E-state index in [1.54, 1.807) is 19.1 Å². The maximum atomic E-state index is 12.5. The zero-order valence-electron chi connectivity index (χ0n) is 24.2. The molecule has 1 aromatic heterocycles. The highest BCUT2D eigenvalue weighted by Crippen LogP contribution is 2.27. The molecular weight excluding hydrogens is 466 g/mol. The molecule has 1 amide bonds. The van der Waals surface area contributed by atoms with Crippen LogP contribution in [0.5, 0.6) is 5.75 Å². The van der Waals surface area contributed by atoms with Gasteiger partial charge in [0.15, 0.2) is 0 Å². The summed E-state index contributed by atoms with van der Waals surface area (Å²) < 4.78 is 13.1. The molecule has 0 saturated heterocycles. The third-order valence-corrected chi connectivity index (χ3v) is 5.49. The fraction of sp³-hybridized carbons (Fsp3) is 0.552. The Labute approximate surface area is 223 Å². The van der Waals surface area contributed by atoms with Crippen LogP contribution in [-0.4, -0.2) is 69.2 Å². The van der Waals surface area contributed by atoms with Gasteiger partial charge in [-0.3, -0.25) is 0 Å². The lowest BCUT2D eigenvalue weighted by atomic mass is 10.1. The Morgan fingerprint density at radius 2 is 1.76 bits per heavy atom. The molecule has 0 unspecified atom stereocenters. The number of pyridine rings is 1. The third-order valence-electron chi connectivity index (χ3n) is 5.49. The minimum absolute atomic E-state index is 0.306. The van der Waals surface area contributed by atoms with Crippen LogP contribution in [0.15, 0.2) is 47.6 Å². The number of hydrogen-bond donors (Lipinski definition) is 0. The molecule has 0 radical (unpaired) electrons. The van der Waals surface area contributed by atoms with Gasteiger partial charge in [0.05, 0.1) is 19.9 Å². The average molecular weight is 513 g/mol. The number of ether oxygens (including phenoxy) is 2. The van der Waals surface area contributed by atoms with Gasteiger partial charge in [0.25, 0.3) is 0 Å². The standard InChI is InChI=1S/C29H46N5O3/c1-23(2)20-34-18-10-12-26(27(34)30-22-31(6)7)33(21-24-13-15-25(36-9)16-14-24)19-11-17-32(8)28(35)37-29(3,4)5/h10,12-16,18,22-23H,11,17,19-21H2,1-9H3/q+1. The van der Waals surface area contributed by atoms with Crippen LogP contribution < -0.4 is 14.2 Å². The Morgan fingerprint density at radius 1 is 1.08 bits per heavy atom. The summed E-state index contributed by atoms with van der Waals surface area (Å²) in [5, 5.41) is 0. The predicted octanol–water partition coefficient (Wildman–Crippen LogP) is 5.12. The van der Waals surface area contributed by atoms with E-state index in [0.29, 0.717) is 19.0 Å². The van der Waals surface area contributed by atoms with Gasteiger partial charge >= 0.3 is 11.9 Å². The van der Waals surface area contributed by atoms with Crippen molar-refractivity contribution in [3.8, 4) is 5.75 Å². The Hall–Kier alpha value is -3.29. The topological polar surface area (TPSA) is 61.5 Å². The summed E-state index contributed by atoms with van der Waals surface area (Å²) in [6.45, 7) is 13.0. The Morgan fingerprint density at radius 3 is 2.32 bits per heavy atom. The summed E-state index contributed by atoms with van der Waals surface area (Å²) in [6, 6.07) is 12.4. The van der Waals surface area contributed by atoms with Crippen molar-refractivity contribution in [1.29, 1.82) is 0 Å². The molecule has 37 heavy (non-hydrogen) atoms. The van der Waals surface area contributed by atoms with Crippen LogP contribution in [-0.2, 0) is 17.8 Å². The minimum Gasteiger partial charge on any atom is -0.497 e. The summed E-state index contributed by atoms with van der Waals surface area (Å²) in [6.07, 6.45) is 4.41. The molecule has 1 heterocycles. The van der Waals surface area contributed by atoms with Crippen molar-refractivity contribution in [2.24, 2.45) is 10.9 Å². The molecule has 0 fully saturated rings. The molecule has 8 heteroatoms. The van der Waals surface area contributed by atoms with Gasteiger partial charge in [-0.25, -0.2) is 9.36 Å². The van der Waals surface area contributed by atoms with Crippen LogP contribution in [0.4, 0.5) is 16.3 Å². The summed E-state index contributed by atoms with van der Waals surface area (Å²) in [4.78, 5) is 23.3. The van der Waals surface area contributed by atoms with Crippen molar-refractivity contribution in [2.45, 2.75) is 59.7 Å². The number of aliphatic imine (C=N–C) groups is 1. The van der Waals surface area contributed by atoms with E-state index in [1.807, 2.05) is 58.2 Å². The Bertz CT molecular complexity index is 1010. The number of methoxy groups -OCH3 is 1. The summed E-state index contributed by atoms with van der Waals surface area (Å²) >= 11 is 0. The zero-order valence-corrected chi connectivity index (χ0v) is 24.2. The highest BCUT2D eigenvalue weighted by molar-refractivity contribution is 5.68. The molecule has 0 saturated carbocycles. The number of aromatic nitrogens is 1. The lowest BCUT2D eigenvalue weighted by Crippen LogP contribution is -2.39. The van der Waals surface area contributed by atoms with E-state index in [-0.39, 0.29) is 6.09 Å². The summed E-state index contributed by atoms with van der Waals surface area (Å²) in [5.74, 6) is 2.23. The van der Waals surface area contributed by atoms with E-state index in [2.05, 4.69) is 53.8 Å². The first-order valence-electron chi connectivity index (χ1n) is 12.9. The number of benzene rings is 1. The molecule has 0 N–H and O–H groups in total. The second-order valence-electron chi connectivity index (χ2n) is 11.0. The number of amides is 1. The van der Waals surface area contributed by atoms with Gasteiger partial charge in [-0.2, -0.15) is 0 Å². The molecule has 0 aliphatic carbocycles. The molecule has 0 spiro atoms. The fourth-order valence-corrected chi connectivity index (χ4v) is 3.79. The quantitative estimate of drug-likeness (QED) is 0.224. The Balaban J connectivity index is 2.36. The molecule has 1 aromatic carbocycles. The van der Waals surface area contributed by atoms with Gasteiger partial charge in [0, 0.05) is 40.8 Å². The SMILES string of the molecule is COc1ccc(CN(CCCN(C)C(=O)OC(C)(C)C)c2ccc[n+](CC(C)C)c2N=CN(C)C)cc1. The van der Waals surface area contributed by atoms with Crippen molar-refractivity contribution in [2.75, 3.05) is 46.2 Å². The average Bonchev–Trinajstić information content (AvgIpc) is 2.81. The molecule has 2 rings (SSSR count). The van der Waals surface area contributed by atoms with Crippen LogP contribution in [0.1, 0.15) is 46.6 Å². The van der Waals surface area contributed by atoms with E-state index in [0.717, 1.165) is 36.8 Å². The smallest absolute Gasteiger partial charge is 0.410 e. The second kappa shape index (κ2) is 13.9. The lowest BCUT2D eigenvalue weighted by molar-refractivity contribution is -0.689. The minimum atomic E-state index is -0.515. The maximum absolute atomic E-state index is 12.5. The van der Waals surface area contributed by atoms with Gasteiger partial charge in [0.2, 0.25) is 6.34 Å². The van der Waals surface area contributed by atoms with Gasteiger partial charge in [-0.1, -0.05) is 26.0 Å². The monoisotopic (exact) mass is 512 g/mol. The summed E-state index contributed by atoms with van der Waals surface area (Å²) in [7, 11) is 7.41. The van der Waals surface area contributed by atoms with Crippen molar-refractivity contribution in [1.82, 2.24) is 9.80 Å². The van der Waals surface area contributed by atoms with Crippen LogP contribution >= 0.6 is 0 Å². The van der Waals surface area contributed by atoms with Crippen molar-refractivity contribution < 1.29 is 18.8 Å². The second-order valence-corrected chi connectivity index (χ2v) is 11.0. The zero-order chi connectivity index (χ0) is 27.6. The maximum Gasteiger partial charge on any atom is 0.410 e. The van der Waals surface area contributed by atoms with Crippen LogP contribution in [0.2, 0.25) is 0 Å². The van der Waals surface area contributed by atoms with Crippen LogP contribution in [0.3, 0.4) is 0 Å². The molecule has 0 bridgehead atoms. The lowest BCUT2D eigenvalue weighted by Gasteiger charge is -2.27. The molecule has 0 aliphatic heterocycles. The molecule has 204 valence electrons. The van der Waals surface area contributed by atoms with E-state index < -0.39 is 5.60 Å². The van der Waals surface area contributed by atoms with Gasteiger partial charge in [-0.15, -0.1) is 0 Å². The normalized spacial score (nSPS) is 11.6. The van der Waals surface area contributed by atoms with E-state index >= 15 is 0 Å². The van der Waals surface area contributed by atoms with Crippen molar-refractivity contribution in [3.63, 3.8) is 0 Å². The largest absolute Gasteiger partial charge is 0.497 e. The van der Waals surface area contributed by atoms with Gasteiger partial charge in [0.1, 0.15) is 17.0 Å². The number of hydrogen-bond acceptors (Lipinski definition) is 5. The number of rotatable bonds is 12. The highest BCUT2D eigenvalue weighted by Gasteiger charge is 2.23.